The summed E-state index contributed by atoms with van der Waals surface area (Å²) in [5.74, 6) is 0.507. The molecule has 28 heavy (non-hydrogen) atoms. The Morgan fingerprint density at radius 3 is 2.54 bits per heavy atom. The highest BCUT2D eigenvalue weighted by atomic mass is 35.5. The second-order valence-electron chi connectivity index (χ2n) is 8.53. The van der Waals surface area contributed by atoms with Crippen LogP contribution in [0.2, 0.25) is 5.02 Å². The number of ketones is 1. The monoisotopic (exact) mass is 406 g/mol. The molecule has 154 valence electrons. The summed E-state index contributed by atoms with van der Waals surface area (Å²) < 4.78 is 0. The number of benzene rings is 1. The molecule has 1 aromatic rings. The van der Waals surface area contributed by atoms with Crippen molar-refractivity contribution in [1.82, 2.24) is 0 Å². The molecule has 0 radical (unpaired) electrons. The summed E-state index contributed by atoms with van der Waals surface area (Å²) in [6, 6.07) is 0. The topological polar surface area (TPSA) is 74.6 Å². The first-order valence-corrected chi connectivity index (χ1v) is 10.3. The Morgan fingerprint density at radius 2 is 1.93 bits per heavy atom. The Morgan fingerprint density at radius 1 is 1.29 bits per heavy atom. The third-order valence-electron chi connectivity index (χ3n) is 7.02. The molecule has 0 heterocycles. The van der Waals surface area contributed by atoms with Crippen molar-refractivity contribution in [2.24, 2.45) is 17.3 Å². The molecule has 1 aromatic carbocycles. The molecule has 1 aliphatic carbocycles. The first kappa shape index (κ1) is 22.5. The molecule has 0 saturated heterocycles. The highest BCUT2D eigenvalue weighted by molar-refractivity contribution is 6.33. The average Bonchev–Trinajstić information content (AvgIpc) is 2.66. The van der Waals surface area contributed by atoms with Crippen LogP contribution >= 0.6 is 11.6 Å². The van der Waals surface area contributed by atoms with E-state index in [0.29, 0.717) is 30.0 Å². The number of halogens is 1. The highest BCUT2D eigenvalue weighted by Crippen LogP contribution is 2.47. The highest BCUT2D eigenvalue weighted by Gasteiger charge is 2.42. The fourth-order valence-electron chi connectivity index (χ4n) is 4.23. The maximum atomic E-state index is 12.2. The summed E-state index contributed by atoms with van der Waals surface area (Å²) in [6.45, 7) is 10.1. The molecule has 0 bridgehead atoms. The summed E-state index contributed by atoms with van der Waals surface area (Å²) in [7, 11) is 0. The van der Waals surface area contributed by atoms with E-state index in [-0.39, 0.29) is 45.4 Å². The van der Waals surface area contributed by atoms with Gasteiger partial charge in [-0.05, 0) is 56.4 Å². The number of allylic oxidation sites excluding steroid dienone is 2. The van der Waals surface area contributed by atoms with Gasteiger partial charge < -0.3 is 10.2 Å². The van der Waals surface area contributed by atoms with Gasteiger partial charge in [-0.15, -0.1) is 0 Å². The van der Waals surface area contributed by atoms with E-state index >= 15 is 0 Å². The molecule has 4 nitrogen and oxygen atoms in total. The maximum absolute atomic E-state index is 12.2. The number of hydrogen-bond donors (Lipinski definition) is 2. The quantitative estimate of drug-likeness (QED) is 0.463. The summed E-state index contributed by atoms with van der Waals surface area (Å²) in [5, 5.41) is 20.7. The summed E-state index contributed by atoms with van der Waals surface area (Å²) in [4.78, 5) is 23.5. The lowest BCUT2D eigenvalue weighted by Crippen LogP contribution is -2.41. The summed E-state index contributed by atoms with van der Waals surface area (Å²) in [6.07, 6.45) is 6.15. The standard InChI is InChI=1S/C23H31ClO4/c1-13(10-11-23(5)14(2)7-9-19(26)16(23)4)6-8-17-21(27)18(12-25)15(3)20(24)22(17)28/h6,12,14,16,27-28H,7-11H2,1-5H3/b13-6+/t14-,16-,23+/m1/s1. The molecule has 0 aliphatic heterocycles. The van der Waals surface area contributed by atoms with E-state index in [1.165, 1.54) is 0 Å². The van der Waals surface area contributed by atoms with Gasteiger partial charge in [-0.1, -0.05) is 44.0 Å². The average molecular weight is 407 g/mol. The van der Waals surface area contributed by atoms with Gasteiger partial charge in [0.2, 0.25) is 0 Å². The van der Waals surface area contributed by atoms with Crippen molar-refractivity contribution in [3.63, 3.8) is 0 Å². The number of aldehydes is 1. The van der Waals surface area contributed by atoms with Gasteiger partial charge >= 0.3 is 0 Å². The second-order valence-corrected chi connectivity index (χ2v) is 8.91. The molecular formula is C23H31ClO4. The van der Waals surface area contributed by atoms with Gasteiger partial charge in [-0.2, -0.15) is 0 Å². The molecule has 0 unspecified atom stereocenters. The second kappa shape index (κ2) is 8.69. The maximum Gasteiger partial charge on any atom is 0.154 e. The molecule has 0 amide bonds. The van der Waals surface area contributed by atoms with Crippen LogP contribution in [0.4, 0.5) is 0 Å². The summed E-state index contributed by atoms with van der Waals surface area (Å²) >= 11 is 6.11. The van der Waals surface area contributed by atoms with E-state index in [4.69, 9.17) is 11.6 Å². The number of hydrogen-bond acceptors (Lipinski definition) is 4. The third kappa shape index (κ3) is 4.12. The lowest BCUT2D eigenvalue weighted by atomic mass is 9.59. The molecule has 5 heteroatoms. The SMILES string of the molecule is C/C(=C\Cc1c(O)c(Cl)c(C)c(C=O)c1O)CC[C@@]1(C)[C@H](C)CCC(=O)[C@H]1C. The molecule has 2 N–H and O–H groups in total. The van der Waals surface area contributed by atoms with Gasteiger partial charge in [0, 0.05) is 17.9 Å². The van der Waals surface area contributed by atoms with Crippen molar-refractivity contribution in [1.29, 1.82) is 0 Å². The van der Waals surface area contributed by atoms with Crippen molar-refractivity contribution >= 4 is 23.7 Å². The normalized spacial score (nSPS) is 25.8. The third-order valence-corrected chi connectivity index (χ3v) is 7.48. The van der Waals surface area contributed by atoms with Gasteiger partial charge in [0.1, 0.15) is 17.3 Å². The van der Waals surface area contributed by atoms with Gasteiger partial charge in [0.05, 0.1) is 10.6 Å². The van der Waals surface area contributed by atoms with Crippen molar-refractivity contribution < 1.29 is 19.8 Å². The zero-order valence-electron chi connectivity index (χ0n) is 17.4. The van der Waals surface area contributed by atoms with E-state index in [1.54, 1.807) is 6.92 Å². The Hall–Kier alpha value is -1.81. The molecule has 0 spiro atoms. The number of aromatic hydroxyl groups is 2. The molecule has 1 saturated carbocycles. The number of Topliss-reactive ketones (excluding diaryl/α,β-unsaturated/α-hetero) is 1. The largest absolute Gasteiger partial charge is 0.507 e. The van der Waals surface area contributed by atoms with E-state index in [2.05, 4.69) is 13.8 Å². The van der Waals surface area contributed by atoms with Crippen LogP contribution in [0.5, 0.6) is 11.5 Å². The fraction of sp³-hybridized carbons (Fsp3) is 0.565. The Bertz CT molecular complexity index is 812. The Kier molecular flexibility index (Phi) is 6.97. The minimum Gasteiger partial charge on any atom is -0.507 e. The molecule has 1 aliphatic rings. The van der Waals surface area contributed by atoms with Crippen LogP contribution in [0.15, 0.2) is 11.6 Å². The van der Waals surface area contributed by atoms with E-state index in [9.17, 15) is 19.8 Å². The minimum atomic E-state index is -0.217. The summed E-state index contributed by atoms with van der Waals surface area (Å²) in [5.41, 5.74) is 1.83. The van der Waals surface area contributed by atoms with Crippen LogP contribution < -0.4 is 0 Å². The van der Waals surface area contributed by atoms with Crippen molar-refractivity contribution in [2.45, 2.75) is 66.7 Å². The number of rotatable bonds is 6. The van der Waals surface area contributed by atoms with Gasteiger partial charge in [0.15, 0.2) is 6.29 Å². The van der Waals surface area contributed by atoms with E-state index in [0.717, 1.165) is 24.8 Å². The van der Waals surface area contributed by atoms with E-state index < -0.39 is 0 Å². The van der Waals surface area contributed by atoms with Crippen molar-refractivity contribution in [3.8, 4) is 11.5 Å². The van der Waals surface area contributed by atoms with Crippen molar-refractivity contribution in [3.05, 3.63) is 33.4 Å². The number of phenols is 2. The zero-order chi connectivity index (χ0) is 21.2. The molecule has 2 rings (SSSR count). The van der Waals surface area contributed by atoms with Crippen LogP contribution in [-0.2, 0) is 11.2 Å². The lowest BCUT2D eigenvalue weighted by Gasteiger charge is -2.44. The predicted octanol–water partition coefficient (Wildman–Crippen LogP) is 5.78. The predicted molar refractivity (Wildman–Crippen MR) is 112 cm³/mol. The van der Waals surface area contributed by atoms with Gasteiger partial charge in [-0.3, -0.25) is 9.59 Å². The Labute approximate surface area is 172 Å². The van der Waals surface area contributed by atoms with E-state index in [1.807, 2.05) is 19.9 Å². The van der Waals surface area contributed by atoms with Crippen LogP contribution in [0, 0.1) is 24.2 Å². The fourth-order valence-corrected chi connectivity index (χ4v) is 4.44. The number of carbonyl (C=O) groups is 2. The van der Waals surface area contributed by atoms with Crippen LogP contribution in [0.3, 0.4) is 0 Å². The molecule has 1 fully saturated rings. The van der Waals surface area contributed by atoms with Crippen LogP contribution in [-0.4, -0.2) is 22.3 Å². The minimum absolute atomic E-state index is 0.0213. The van der Waals surface area contributed by atoms with Gasteiger partial charge in [-0.25, -0.2) is 0 Å². The van der Waals surface area contributed by atoms with Gasteiger partial charge in [0.25, 0.3) is 0 Å². The van der Waals surface area contributed by atoms with Crippen LogP contribution in [0.25, 0.3) is 0 Å². The lowest BCUT2D eigenvalue weighted by molar-refractivity contribution is -0.132. The van der Waals surface area contributed by atoms with Crippen molar-refractivity contribution in [2.75, 3.05) is 0 Å². The number of carbonyl (C=O) groups excluding carboxylic acids is 2. The number of phenolic OH excluding ortho intramolecular Hbond substituents is 2. The molecule has 0 aromatic heterocycles. The molecular weight excluding hydrogens is 376 g/mol. The molecule has 3 atom stereocenters. The smallest absolute Gasteiger partial charge is 0.154 e. The first-order chi connectivity index (χ1) is 13.0. The zero-order valence-corrected chi connectivity index (χ0v) is 18.2. The first-order valence-electron chi connectivity index (χ1n) is 9.90. The Balaban J connectivity index is 2.17. The van der Waals surface area contributed by atoms with Crippen LogP contribution in [0.1, 0.15) is 74.9 Å².